The highest BCUT2D eigenvalue weighted by Gasteiger charge is 2.17. The average Bonchev–Trinajstić information content (AvgIpc) is 3.13. The second-order valence-electron chi connectivity index (χ2n) is 5.90. The lowest BCUT2D eigenvalue weighted by Crippen LogP contribution is -2.03. The molecule has 0 aliphatic rings. The van der Waals surface area contributed by atoms with Crippen molar-refractivity contribution in [1.82, 2.24) is 24.1 Å². The van der Waals surface area contributed by atoms with Gasteiger partial charge in [0, 0.05) is 37.7 Å². The predicted octanol–water partition coefficient (Wildman–Crippen LogP) is 3.19. The smallest absolute Gasteiger partial charge is 0.157 e. The summed E-state index contributed by atoms with van der Waals surface area (Å²) in [6, 6.07) is 6.45. The van der Waals surface area contributed by atoms with Crippen molar-refractivity contribution in [3.05, 3.63) is 66.1 Å². The number of halogens is 1. The number of imidazole rings is 1. The van der Waals surface area contributed by atoms with Crippen LogP contribution >= 0.6 is 0 Å². The van der Waals surface area contributed by atoms with E-state index in [1.54, 1.807) is 29.2 Å². The topological polar surface area (TPSA) is 60.0 Å². The molecular formula is C18H17FN6. The SMILES string of the molecule is Cc1nn(C)cc1-c1nc2cnccn2c1NCc1ccc(F)cc1. The van der Waals surface area contributed by atoms with Gasteiger partial charge in [0.25, 0.3) is 0 Å². The number of hydrogen-bond donors (Lipinski definition) is 1. The minimum absolute atomic E-state index is 0.240. The number of benzene rings is 1. The molecule has 3 heterocycles. The van der Waals surface area contributed by atoms with E-state index < -0.39 is 0 Å². The molecule has 126 valence electrons. The Balaban J connectivity index is 1.76. The van der Waals surface area contributed by atoms with E-state index >= 15 is 0 Å². The quantitative estimate of drug-likeness (QED) is 0.622. The zero-order valence-electron chi connectivity index (χ0n) is 13.9. The number of hydrogen-bond acceptors (Lipinski definition) is 4. The summed E-state index contributed by atoms with van der Waals surface area (Å²) in [5, 5.41) is 7.83. The van der Waals surface area contributed by atoms with Crippen molar-refractivity contribution in [1.29, 1.82) is 0 Å². The van der Waals surface area contributed by atoms with Crippen LogP contribution in [-0.4, -0.2) is 24.1 Å². The van der Waals surface area contributed by atoms with Gasteiger partial charge in [-0.15, -0.1) is 0 Å². The summed E-state index contributed by atoms with van der Waals surface area (Å²) in [4.78, 5) is 8.85. The Morgan fingerprint density at radius 3 is 2.72 bits per heavy atom. The molecule has 0 amide bonds. The molecule has 4 aromatic rings. The van der Waals surface area contributed by atoms with Gasteiger partial charge in [0.1, 0.15) is 17.3 Å². The molecule has 6 nitrogen and oxygen atoms in total. The number of anilines is 1. The van der Waals surface area contributed by atoms with Crippen molar-refractivity contribution < 1.29 is 4.39 Å². The molecule has 0 aliphatic carbocycles. The average molecular weight is 336 g/mol. The van der Waals surface area contributed by atoms with Gasteiger partial charge in [-0.3, -0.25) is 14.1 Å². The van der Waals surface area contributed by atoms with Crippen LogP contribution in [0.1, 0.15) is 11.3 Å². The van der Waals surface area contributed by atoms with Crippen molar-refractivity contribution in [2.24, 2.45) is 7.05 Å². The van der Waals surface area contributed by atoms with Gasteiger partial charge in [-0.2, -0.15) is 5.10 Å². The molecule has 0 atom stereocenters. The first-order valence-electron chi connectivity index (χ1n) is 7.93. The van der Waals surface area contributed by atoms with Crippen LogP contribution in [0.2, 0.25) is 0 Å². The van der Waals surface area contributed by atoms with E-state index in [4.69, 9.17) is 4.98 Å². The second-order valence-corrected chi connectivity index (χ2v) is 5.90. The third kappa shape index (κ3) is 2.84. The predicted molar refractivity (Wildman–Crippen MR) is 93.7 cm³/mol. The lowest BCUT2D eigenvalue weighted by Gasteiger charge is -2.08. The van der Waals surface area contributed by atoms with Crippen LogP contribution in [0.25, 0.3) is 16.9 Å². The highest BCUT2D eigenvalue weighted by Crippen LogP contribution is 2.30. The third-order valence-electron chi connectivity index (χ3n) is 4.07. The molecule has 1 N–H and O–H groups in total. The number of fused-ring (bicyclic) bond motifs is 1. The van der Waals surface area contributed by atoms with Gasteiger partial charge in [0.2, 0.25) is 0 Å². The molecule has 3 aromatic heterocycles. The van der Waals surface area contributed by atoms with Gasteiger partial charge >= 0.3 is 0 Å². The van der Waals surface area contributed by atoms with Crippen LogP contribution in [0.4, 0.5) is 10.2 Å². The number of nitrogens with one attached hydrogen (secondary N) is 1. The standard InChI is InChI=1S/C18H17FN6/c1-12-15(11-24(2)23-12)17-18(25-8-7-20-10-16(25)22-17)21-9-13-3-5-14(19)6-4-13/h3-8,10-11,21H,9H2,1-2H3. The summed E-state index contributed by atoms with van der Waals surface area (Å²) in [6.07, 6.45) is 7.26. The molecule has 0 bridgehead atoms. The van der Waals surface area contributed by atoms with E-state index in [-0.39, 0.29) is 5.82 Å². The molecule has 1 aromatic carbocycles. The normalized spacial score (nSPS) is 11.2. The zero-order valence-corrected chi connectivity index (χ0v) is 13.9. The molecule has 0 fully saturated rings. The van der Waals surface area contributed by atoms with Gasteiger partial charge in [0.15, 0.2) is 5.65 Å². The fraction of sp³-hybridized carbons (Fsp3) is 0.167. The summed E-state index contributed by atoms with van der Waals surface area (Å²) < 4.78 is 16.8. The minimum Gasteiger partial charge on any atom is -0.365 e. The van der Waals surface area contributed by atoms with Crippen LogP contribution < -0.4 is 5.32 Å². The van der Waals surface area contributed by atoms with E-state index in [9.17, 15) is 4.39 Å². The fourth-order valence-electron chi connectivity index (χ4n) is 2.88. The molecular weight excluding hydrogens is 319 g/mol. The highest BCUT2D eigenvalue weighted by molar-refractivity contribution is 5.77. The molecule has 0 radical (unpaired) electrons. The highest BCUT2D eigenvalue weighted by atomic mass is 19.1. The van der Waals surface area contributed by atoms with Crippen molar-refractivity contribution in [3.8, 4) is 11.3 Å². The first kappa shape index (κ1) is 15.3. The van der Waals surface area contributed by atoms with Gasteiger partial charge in [-0.25, -0.2) is 9.37 Å². The van der Waals surface area contributed by atoms with Gasteiger partial charge in [-0.1, -0.05) is 12.1 Å². The Hall–Kier alpha value is -3.22. The van der Waals surface area contributed by atoms with E-state index in [1.165, 1.54) is 12.1 Å². The largest absolute Gasteiger partial charge is 0.365 e. The monoisotopic (exact) mass is 336 g/mol. The van der Waals surface area contributed by atoms with Crippen LogP contribution in [0.15, 0.2) is 49.1 Å². The van der Waals surface area contributed by atoms with Crippen molar-refractivity contribution in [2.45, 2.75) is 13.5 Å². The summed E-state index contributed by atoms with van der Waals surface area (Å²) in [6.45, 7) is 2.52. The number of rotatable bonds is 4. The summed E-state index contributed by atoms with van der Waals surface area (Å²) in [7, 11) is 1.89. The van der Waals surface area contributed by atoms with E-state index in [0.717, 1.165) is 34.0 Å². The van der Waals surface area contributed by atoms with Crippen molar-refractivity contribution in [2.75, 3.05) is 5.32 Å². The Morgan fingerprint density at radius 2 is 2.00 bits per heavy atom. The van der Waals surface area contributed by atoms with Crippen molar-refractivity contribution >= 4 is 11.5 Å². The van der Waals surface area contributed by atoms with Crippen LogP contribution in [0.3, 0.4) is 0 Å². The molecule has 0 saturated heterocycles. The van der Waals surface area contributed by atoms with E-state index in [0.29, 0.717) is 6.54 Å². The van der Waals surface area contributed by atoms with Gasteiger partial charge < -0.3 is 5.32 Å². The summed E-state index contributed by atoms with van der Waals surface area (Å²) in [5.74, 6) is 0.620. The van der Waals surface area contributed by atoms with E-state index in [2.05, 4.69) is 15.4 Å². The Bertz CT molecular complexity index is 1030. The molecule has 4 rings (SSSR count). The lowest BCUT2D eigenvalue weighted by molar-refractivity contribution is 0.627. The first-order valence-corrected chi connectivity index (χ1v) is 7.93. The Labute approximate surface area is 144 Å². The summed E-state index contributed by atoms with van der Waals surface area (Å²) in [5.41, 5.74) is 4.43. The lowest BCUT2D eigenvalue weighted by atomic mass is 10.2. The number of aromatic nitrogens is 5. The molecule has 0 unspecified atom stereocenters. The Kier molecular flexibility index (Phi) is 3.68. The molecule has 7 heteroatoms. The van der Waals surface area contributed by atoms with E-state index in [1.807, 2.05) is 30.8 Å². The summed E-state index contributed by atoms with van der Waals surface area (Å²) >= 11 is 0. The zero-order chi connectivity index (χ0) is 17.4. The van der Waals surface area contributed by atoms with Crippen LogP contribution in [0.5, 0.6) is 0 Å². The molecule has 0 aliphatic heterocycles. The fourth-order valence-corrected chi connectivity index (χ4v) is 2.88. The second kappa shape index (κ2) is 6.01. The van der Waals surface area contributed by atoms with Gasteiger partial charge in [0.05, 0.1) is 11.9 Å². The first-order chi connectivity index (χ1) is 12.1. The van der Waals surface area contributed by atoms with Crippen LogP contribution in [0, 0.1) is 12.7 Å². The number of nitrogens with zero attached hydrogens (tertiary/aromatic N) is 5. The molecule has 25 heavy (non-hydrogen) atoms. The molecule has 0 spiro atoms. The minimum atomic E-state index is -0.240. The number of aryl methyl sites for hydroxylation is 2. The maximum atomic E-state index is 13.1. The maximum absolute atomic E-state index is 13.1. The Morgan fingerprint density at radius 1 is 1.20 bits per heavy atom. The third-order valence-corrected chi connectivity index (χ3v) is 4.07. The van der Waals surface area contributed by atoms with Gasteiger partial charge in [-0.05, 0) is 24.6 Å². The van der Waals surface area contributed by atoms with Crippen molar-refractivity contribution in [3.63, 3.8) is 0 Å². The molecule has 0 saturated carbocycles. The van der Waals surface area contributed by atoms with Crippen LogP contribution in [-0.2, 0) is 13.6 Å². The maximum Gasteiger partial charge on any atom is 0.157 e.